The number of rotatable bonds is 3. The fourth-order valence-corrected chi connectivity index (χ4v) is 5.85. The van der Waals surface area contributed by atoms with Crippen molar-refractivity contribution in [2.24, 2.45) is 0 Å². The molecule has 1 heterocycles. The smallest absolute Gasteiger partial charge is 0.143 e. The molecule has 0 amide bonds. The summed E-state index contributed by atoms with van der Waals surface area (Å²) in [5.41, 5.74) is 5.24. The summed E-state index contributed by atoms with van der Waals surface area (Å²) in [6, 6.07) is 49.7. The normalized spacial score (nSPS) is 11.7. The van der Waals surface area contributed by atoms with Gasteiger partial charge in [0.1, 0.15) is 11.2 Å². The van der Waals surface area contributed by atoms with E-state index in [2.05, 4.69) is 144 Å². The molecule has 0 atom stereocenters. The molecule has 8 rings (SSSR count). The van der Waals surface area contributed by atoms with E-state index in [1.165, 1.54) is 26.9 Å². The summed E-state index contributed by atoms with van der Waals surface area (Å²) in [6.07, 6.45) is 0. The molecule has 178 valence electrons. The Labute approximate surface area is 220 Å². The van der Waals surface area contributed by atoms with Crippen molar-refractivity contribution in [2.75, 3.05) is 4.90 Å². The lowest BCUT2D eigenvalue weighted by Crippen LogP contribution is -2.11. The molecule has 0 spiro atoms. The van der Waals surface area contributed by atoms with Crippen molar-refractivity contribution in [1.29, 1.82) is 0 Å². The summed E-state index contributed by atoms with van der Waals surface area (Å²) >= 11 is 0. The predicted octanol–water partition coefficient (Wildman–Crippen LogP) is 10.5. The second-order valence-corrected chi connectivity index (χ2v) is 9.78. The highest BCUT2D eigenvalue weighted by atomic mass is 16.3. The van der Waals surface area contributed by atoms with Crippen molar-refractivity contribution in [2.45, 2.75) is 0 Å². The fraction of sp³-hybridized carbons (Fsp3) is 0. The van der Waals surface area contributed by atoms with Crippen molar-refractivity contribution in [3.63, 3.8) is 0 Å². The number of hydrogen-bond donors (Lipinski definition) is 0. The topological polar surface area (TPSA) is 16.4 Å². The third kappa shape index (κ3) is 3.14. The van der Waals surface area contributed by atoms with Crippen LogP contribution in [0.25, 0.3) is 54.3 Å². The number of anilines is 3. The van der Waals surface area contributed by atoms with Crippen molar-refractivity contribution >= 4 is 71.3 Å². The van der Waals surface area contributed by atoms with Gasteiger partial charge in [-0.3, -0.25) is 0 Å². The first-order valence-electron chi connectivity index (χ1n) is 12.9. The zero-order chi connectivity index (χ0) is 25.1. The molecule has 0 unspecified atom stereocenters. The Balaban J connectivity index is 1.45. The van der Waals surface area contributed by atoms with E-state index in [1.54, 1.807) is 0 Å². The number of hydrogen-bond acceptors (Lipinski definition) is 2. The number of fused-ring (bicyclic) bond motifs is 7. The van der Waals surface area contributed by atoms with Gasteiger partial charge in [0.15, 0.2) is 0 Å². The van der Waals surface area contributed by atoms with Gasteiger partial charge in [0, 0.05) is 32.6 Å². The molecule has 1 aromatic heterocycles. The molecule has 0 N–H and O–H groups in total. The summed E-state index contributed by atoms with van der Waals surface area (Å²) in [6.45, 7) is 0. The first kappa shape index (κ1) is 21.0. The molecule has 0 fully saturated rings. The van der Waals surface area contributed by atoms with Gasteiger partial charge in [-0.05, 0) is 52.6 Å². The Morgan fingerprint density at radius 1 is 0.395 bits per heavy atom. The highest BCUT2D eigenvalue weighted by Gasteiger charge is 2.19. The Morgan fingerprint density at radius 2 is 0.947 bits per heavy atom. The molecule has 0 bridgehead atoms. The van der Waals surface area contributed by atoms with Crippen molar-refractivity contribution in [3.05, 3.63) is 140 Å². The number of benzene rings is 7. The molecule has 38 heavy (non-hydrogen) atoms. The van der Waals surface area contributed by atoms with E-state index in [4.69, 9.17) is 4.42 Å². The fourth-order valence-electron chi connectivity index (χ4n) is 5.85. The van der Waals surface area contributed by atoms with E-state index in [9.17, 15) is 0 Å². The predicted molar refractivity (Wildman–Crippen MR) is 161 cm³/mol. The quantitative estimate of drug-likeness (QED) is 0.247. The molecule has 2 nitrogen and oxygen atoms in total. The van der Waals surface area contributed by atoms with Gasteiger partial charge in [-0.15, -0.1) is 0 Å². The lowest BCUT2D eigenvalue weighted by Gasteiger charge is -2.28. The Bertz CT molecular complexity index is 2060. The summed E-state index contributed by atoms with van der Waals surface area (Å²) in [5.74, 6) is 0. The van der Waals surface area contributed by atoms with Crippen LogP contribution in [0.5, 0.6) is 0 Å². The Kier molecular flexibility index (Phi) is 4.55. The van der Waals surface area contributed by atoms with Crippen molar-refractivity contribution in [1.82, 2.24) is 0 Å². The standard InChI is InChI=1S/C36H23NO/c1-4-14-28-24(9-1)12-7-17-33(28)37(34-18-8-13-25-10-2-5-15-29(25)34)27-20-22-35-32(23-27)31-21-19-26-11-3-6-16-30(26)36(31)38-35/h1-23H. The van der Waals surface area contributed by atoms with Gasteiger partial charge >= 0.3 is 0 Å². The zero-order valence-corrected chi connectivity index (χ0v) is 20.6. The Hall–Kier alpha value is -5.08. The average Bonchev–Trinajstić information content (AvgIpc) is 3.36. The van der Waals surface area contributed by atoms with Crippen LogP contribution in [-0.4, -0.2) is 0 Å². The minimum atomic E-state index is 0.899. The van der Waals surface area contributed by atoms with Crippen LogP contribution in [0.3, 0.4) is 0 Å². The molecule has 0 aliphatic heterocycles. The maximum Gasteiger partial charge on any atom is 0.143 e. The van der Waals surface area contributed by atoms with E-state index in [0.717, 1.165) is 44.4 Å². The third-order valence-electron chi connectivity index (χ3n) is 7.62. The molecule has 0 saturated carbocycles. The zero-order valence-electron chi connectivity index (χ0n) is 20.6. The molecule has 7 aromatic carbocycles. The molecular formula is C36H23NO. The molecule has 0 saturated heterocycles. The first-order valence-corrected chi connectivity index (χ1v) is 12.9. The molecule has 0 aliphatic rings. The third-order valence-corrected chi connectivity index (χ3v) is 7.62. The van der Waals surface area contributed by atoms with Gasteiger partial charge in [-0.25, -0.2) is 0 Å². The highest BCUT2D eigenvalue weighted by molar-refractivity contribution is 6.16. The Morgan fingerprint density at radius 3 is 1.61 bits per heavy atom. The van der Waals surface area contributed by atoms with Crippen LogP contribution in [0, 0.1) is 0 Å². The summed E-state index contributed by atoms with van der Waals surface area (Å²) in [5, 5.41) is 9.45. The SMILES string of the molecule is c1ccc2c(N(c3ccc4oc5c6ccccc6ccc5c4c3)c3cccc4ccccc34)cccc2c1. The minimum Gasteiger partial charge on any atom is -0.455 e. The maximum atomic E-state index is 6.43. The lowest BCUT2D eigenvalue weighted by molar-refractivity contribution is 0.672. The van der Waals surface area contributed by atoms with Crippen LogP contribution < -0.4 is 4.90 Å². The maximum absolute atomic E-state index is 6.43. The number of furan rings is 1. The van der Waals surface area contributed by atoms with E-state index < -0.39 is 0 Å². The van der Waals surface area contributed by atoms with Crippen LogP contribution in [0.4, 0.5) is 17.1 Å². The van der Waals surface area contributed by atoms with E-state index in [-0.39, 0.29) is 0 Å². The van der Waals surface area contributed by atoms with Crippen LogP contribution in [-0.2, 0) is 0 Å². The van der Waals surface area contributed by atoms with Crippen LogP contribution in [0.15, 0.2) is 144 Å². The summed E-state index contributed by atoms with van der Waals surface area (Å²) in [4.78, 5) is 2.39. The summed E-state index contributed by atoms with van der Waals surface area (Å²) < 4.78 is 6.43. The molecule has 2 heteroatoms. The largest absolute Gasteiger partial charge is 0.455 e. The molecular weight excluding hydrogens is 462 g/mol. The van der Waals surface area contributed by atoms with E-state index in [1.807, 2.05) is 0 Å². The molecule has 0 aliphatic carbocycles. The van der Waals surface area contributed by atoms with Crippen LogP contribution in [0.2, 0.25) is 0 Å². The van der Waals surface area contributed by atoms with Crippen molar-refractivity contribution in [3.8, 4) is 0 Å². The van der Waals surface area contributed by atoms with Gasteiger partial charge in [0.2, 0.25) is 0 Å². The lowest BCUT2D eigenvalue weighted by atomic mass is 10.0. The van der Waals surface area contributed by atoms with E-state index in [0.29, 0.717) is 0 Å². The van der Waals surface area contributed by atoms with Crippen LogP contribution in [0.1, 0.15) is 0 Å². The first-order chi connectivity index (χ1) is 18.8. The number of nitrogens with zero attached hydrogens (tertiary/aromatic N) is 1. The second kappa shape index (κ2) is 8.22. The van der Waals surface area contributed by atoms with E-state index >= 15 is 0 Å². The van der Waals surface area contributed by atoms with Gasteiger partial charge in [0.05, 0.1) is 11.4 Å². The summed E-state index contributed by atoms with van der Waals surface area (Å²) in [7, 11) is 0. The second-order valence-electron chi connectivity index (χ2n) is 9.78. The van der Waals surface area contributed by atoms with Gasteiger partial charge in [0.25, 0.3) is 0 Å². The monoisotopic (exact) mass is 485 g/mol. The average molecular weight is 486 g/mol. The molecule has 0 radical (unpaired) electrons. The minimum absolute atomic E-state index is 0.899. The van der Waals surface area contributed by atoms with Gasteiger partial charge in [-0.1, -0.05) is 103 Å². The molecule has 8 aromatic rings. The van der Waals surface area contributed by atoms with Gasteiger partial charge in [-0.2, -0.15) is 0 Å². The highest BCUT2D eigenvalue weighted by Crippen LogP contribution is 2.44. The van der Waals surface area contributed by atoms with Crippen molar-refractivity contribution < 1.29 is 4.42 Å². The van der Waals surface area contributed by atoms with Crippen LogP contribution >= 0.6 is 0 Å². The van der Waals surface area contributed by atoms with Gasteiger partial charge < -0.3 is 9.32 Å².